The molecule has 2 aromatic carbocycles. The van der Waals surface area contributed by atoms with Gasteiger partial charge in [0.15, 0.2) is 6.23 Å². The van der Waals surface area contributed by atoms with E-state index in [0.717, 1.165) is 23.2 Å². The summed E-state index contributed by atoms with van der Waals surface area (Å²) < 4.78 is 0. The van der Waals surface area contributed by atoms with E-state index in [0.29, 0.717) is 11.6 Å². The second-order valence-corrected chi connectivity index (χ2v) is 6.02. The molecule has 2 aromatic rings. The third kappa shape index (κ3) is 2.65. The van der Waals surface area contributed by atoms with Crippen LogP contribution in [0.15, 0.2) is 42.5 Å². The van der Waals surface area contributed by atoms with E-state index >= 15 is 0 Å². The van der Waals surface area contributed by atoms with Gasteiger partial charge in [0, 0.05) is 22.8 Å². The van der Waals surface area contributed by atoms with Crippen LogP contribution < -0.4 is 4.90 Å². The molecule has 0 bridgehead atoms. The van der Waals surface area contributed by atoms with Crippen LogP contribution in [0, 0.1) is 0 Å². The van der Waals surface area contributed by atoms with Gasteiger partial charge in [0.1, 0.15) is 0 Å². The summed E-state index contributed by atoms with van der Waals surface area (Å²) in [5, 5.41) is 11.3. The van der Waals surface area contributed by atoms with E-state index in [1.165, 1.54) is 11.1 Å². The van der Waals surface area contributed by atoms with Crippen LogP contribution in [0.2, 0.25) is 5.02 Å². The highest BCUT2D eigenvalue weighted by molar-refractivity contribution is 6.30. The van der Waals surface area contributed by atoms with E-state index in [4.69, 9.17) is 11.6 Å². The normalized spacial score (nSPS) is 17.3. The molecule has 2 nitrogen and oxygen atoms in total. The second-order valence-electron chi connectivity index (χ2n) is 5.58. The average Bonchev–Trinajstić information content (AvgIpc) is 2.84. The van der Waals surface area contributed by atoms with Crippen LogP contribution in [0.3, 0.4) is 0 Å². The Morgan fingerprint density at radius 1 is 1.27 bits per heavy atom. The Morgan fingerprint density at radius 2 is 2.09 bits per heavy atom. The van der Waals surface area contributed by atoms with Crippen LogP contribution in [0.25, 0.3) is 6.08 Å². The van der Waals surface area contributed by atoms with Crippen molar-refractivity contribution < 1.29 is 5.11 Å². The van der Waals surface area contributed by atoms with Gasteiger partial charge in [0.05, 0.1) is 0 Å². The highest BCUT2D eigenvalue weighted by Gasteiger charge is 2.28. The van der Waals surface area contributed by atoms with E-state index in [1.54, 1.807) is 0 Å². The van der Waals surface area contributed by atoms with Gasteiger partial charge in [-0.1, -0.05) is 42.8 Å². The van der Waals surface area contributed by atoms with Gasteiger partial charge in [-0.05, 0) is 54.3 Å². The fourth-order valence-corrected chi connectivity index (χ4v) is 3.25. The lowest BCUT2D eigenvalue weighted by Crippen LogP contribution is -2.21. The number of aliphatic hydroxyl groups excluding tert-OH is 1. The van der Waals surface area contributed by atoms with Crippen LogP contribution in [0.5, 0.6) is 0 Å². The molecule has 22 heavy (non-hydrogen) atoms. The molecule has 0 amide bonds. The van der Waals surface area contributed by atoms with Crippen LogP contribution in [0.1, 0.15) is 42.3 Å². The third-order valence-electron chi connectivity index (χ3n) is 4.21. The Morgan fingerprint density at radius 3 is 2.82 bits per heavy atom. The summed E-state index contributed by atoms with van der Waals surface area (Å²) in [5.74, 6) is 0. The first kappa shape index (κ1) is 15.1. The molecular weight excluding hydrogens is 294 g/mol. The van der Waals surface area contributed by atoms with Crippen molar-refractivity contribution in [2.45, 2.75) is 33.0 Å². The van der Waals surface area contributed by atoms with Gasteiger partial charge in [-0.3, -0.25) is 0 Å². The number of benzene rings is 2. The summed E-state index contributed by atoms with van der Waals surface area (Å²) in [7, 11) is 0. The predicted molar refractivity (Wildman–Crippen MR) is 93.1 cm³/mol. The molecular formula is C19H20ClNO. The molecule has 0 spiro atoms. The smallest absolute Gasteiger partial charge is 0.153 e. The highest BCUT2D eigenvalue weighted by atomic mass is 35.5. The monoisotopic (exact) mass is 313 g/mol. The van der Waals surface area contributed by atoms with Crippen LogP contribution in [-0.4, -0.2) is 5.11 Å². The van der Waals surface area contributed by atoms with Crippen molar-refractivity contribution in [1.29, 1.82) is 0 Å². The minimum absolute atomic E-state index is 0.613. The Labute approximate surface area is 136 Å². The van der Waals surface area contributed by atoms with Crippen LogP contribution in [-0.2, 0) is 13.0 Å². The number of halogens is 1. The number of allylic oxidation sites excluding steroid dienone is 1. The number of rotatable bonds is 3. The van der Waals surface area contributed by atoms with Crippen molar-refractivity contribution in [1.82, 2.24) is 0 Å². The zero-order valence-electron chi connectivity index (χ0n) is 12.9. The Kier molecular flexibility index (Phi) is 4.23. The zero-order chi connectivity index (χ0) is 15.7. The van der Waals surface area contributed by atoms with E-state index in [9.17, 15) is 5.11 Å². The Balaban J connectivity index is 1.97. The van der Waals surface area contributed by atoms with Gasteiger partial charge in [0.25, 0.3) is 0 Å². The first-order chi connectivity index (χ1) is 10.6. The highest BCUT2D eigenvalue weighted by Crippen LogP contribution is 2.37. The third-order valence-corrected chi connectivity index (χ3v) is 4.44. The lowest BCUT2D eigenvalue weighted by Gasteiger charge is -2.24. The van der Waals surface area contributed by atoms with E-state index in [-0.39, 0.29) is 0 Å². The molecule has 1 heterocycles. The first-order valence-corrected chi connectivity index (χ1v) is 8.00. The summed E-state index contributed by atoms with van der Waals surface area (Å²) in [5.41, 5.74) is 5.59. The molecule has 1 aliphatic heterocycles. The van der Waals surface area contributed by atoms with Gasteiger partial charge < -0.3 is 10.0 Å². The molecule has 1 unspecified atom stereocenters. The lowest BCUT2D eigenvalue weighted by atomic mass is 10.0. The van der Waals surface area contributed by atoms with Gasteiger partial charge in [-0.2, -0.15) is 0 Å². The minimum atomic E-state index is -0.613. The molecule has 1 atom stereocenters. The molecule has 0 radical (unpaired) electrons. The summed E-state index contributed by atoms with van der Waals surface area (Å²) in [6.07, 6.45) is 4.55. The maximum atomic E-state index is 10.6. The maximum Gasteiger partial charge on any atom is 0.153 e. The molecule has 0 aliphatic carbocycles. The van der Waals surface area contributed by atoms with Gasteiger partial charge >= 0.3 is 0 Å². The van der Waals surface area contributed by atoms with Crippen molar-refractivity contribution >= 4 is 23.4 Å². The van der Waals surface area contributed by atoms with E-state index in [1.807, 2.05) is 36.1 Å². The maximum absolute atomic E-state index is 10.6. The standard InChI is InChI=1S/C19H20ClNO/c1-3-5-14-11-17(8-6-13(14)4-2)21-12-15-10-16(20)7-9-18(15)19(21)22/h3,5-11,19,22H,4,12H2,1-2H3/b5-3-. The second kappa shape index (κ2) is 6.15. The van der Waals surface area contributed by atoms with Crippen molar-refractivity contribution in [2.24, 2.45) is 0 Å². The molecule has 0 fully saturated rings. The van der Waals surface area contributed by atoms with Crippen LogP contribution >= 0.6 is 11.6 Å². The molecule has 1 aliphatic rings. The van der Waals surface area contributed by atoms with Gasteiger partial charge in [-0.25, -0.2) is 0 Å². The van der Waals surface area contributed by atoms with E-state index in [2.05, 4.69) is 31.2 Å². The number of fused-ring (bicyclic) bond motifs is 1. The number of nitrogens with zero attached hydrogens (tertiary/aromatic N) is 1. The van der Waals surface area contributed by atoms with Crippen molar-refractivity contribution in [3.8, 4) is 0 Å². The average molecular weight is 314 g/mol. The SMILES string of the molecule is C/C=C\c1cc(N2Cc3cc(Cl)ccc3C2O)ccc1CC. The Bertz CT molecular complexity index is 723. The van der Waals surface area contributed by atoms with Crippen LogP contribution in [0.4, 0.5) is 5.69 Å². The molecule has 0 saturated carbocycles. The molecule has 1 N–H and O–H groups in total. The Hall–Kier alpha value is -1.77. The van der Waals surface area contributed by atoms with Crippen molar-refractivity contribution in [3.63, 3.8) is 0 Å². The number of hydrogen-bond acceptors (Lipinski definition) is 2. The fourth-order valence-electron chi connectivity index (χ4n) is 3.05. The fraction of sp³-hybridized carbons (Fsp3) is 0.263. The summed E-state index contributed by atoms with van der Waals surface area (Å²) in [6, 6.07) is 12.1. The lowest BCUT2D eigenvalue weighted by molar-refractivity contribution is 0.181. The molecule has 0 saturated heterocycles. The summed E-state index contributed by atoms with van der Waals surface area (Å²) >= 11 is 6.06. The first-order valence-electron chi connectivity index (χ1n) is 7.62. The van der Waals surface area contributed by atoms with Crippen molar-refractivity contribution in [2.75, 3.05) is 4.90 Å². The topological polar surface area (TPSA) is 23.5 Å². The molecule has 0 aromatic heterocycles. The van der Waals surface area contributed by atoms with Crippen molar-refractivity contribution in [3.05, 3.63) is 69.8 Å². The number of aliphatic hydroxyl groups is 1. The van der Waals surface area contributed by atoms with Gasteiger partial charge in [-0.15, -0.1) is 0 Å². The van der Waals surface area contributed by atoms with E-state index < -0.39 is 6.23 Å². The number of hydrogen-bond donors (Lipinski definition) is 1. The predicted octanol–water partition coefficient (Wildman–Crippen LogP) is 4.95. The zero-order valence-corrected chi connectivity index (χ0v) is 13.6. The summed E-state index contributed by atoms with van der Waals surface area (Å²) in [4.78, 5) is 2.01. The quantitative estimate of drug-likeness (QED) is 0.867. The summed E-state index contributed by atoms with van der Waals surface area (Å²) in [6.45, 7) is 4.86. The molecule has 3 rings (SSSR count). The molecule has 3 heteroatoms. The largest absolute Gasteiger partial charge is 0.369 e. The van der Waals surface area contributed by atoms with Gasteiger partial charge in [0.2, 0.25) is 0 Å². The minimum Gasteiger partial charge on any atom is -0.369 e. The molecule has 114 valence electrons. The number of aryl methyl sites for hydroxylation is 1. The number of anilines is 1.